The maximum atomic E-state index is 14.3. The van der Waals surface area contributed by atoms with Crippen LogP contribution in [-0.2, 0) is 12.8 Å². The molecule has 0 heterocycles. The fourth-order valence-electron chi connectivity index (χ4n) is 3.53. The molecule has 0 spiro atoms. The lowest BCUT2D eigenvalue weighted by atomic mass is 10.0. The van der Waals surface area contributed by atoms with Crippen LogP contribution in [0.15, 0.2) is 89.6 Å². The molecule has 0 aromatic heterocycles. The first-order valence-corrected chi connectivity index (χ1v) is 11.3. The summed E-state index contributed by atoms with van der Waals surface area (Å²) in [5.74, 6) is -0.186. The second kappa shape index (κ2) is 12.5. The number of hydrogen-bond donors (Lipinski definition) is 0. The third-order valence-corrected chi connectivity index (χ3v) is 5.50. The normalized spacial score (nSPS) is 11.4. The van der Waals surface area contributed by atoms with Crippen LogP contribution in [0, 0.1) is 5.82 Å². The Balaban J connectivity index is 1.51. The van der Waals surface area contributed by atoms with Gasteiger partial charge in [-0.3, -0.25) is 0 Å². The predicted molar refractivity (Wildman–Crippen MR) is 135 cm³/mol. The van der Waals surface area contributed by atoms with Crippen molar-refractivity contribution in [3.63, 3.8) is 0 Å². The first kappa shape index (κ1) is 23.3. The molecular formula is C29H31FN2. The molecule has 0 aliphatic rings. The predicted octanol–water partition coefficient (Wildman–Crippen LogP) is 7.80. The van der Waals surface area contributed by atoms with Gasteiger partial charge in [0.2, 0.25) is 0 Å². The van der Waals surface area contributed by atoms with E-state index in [4.69, 9.17) is 0 Å². The average molecular weight is 427 g/mol. The van der Waals surface area contributed by atoms with Crippen LogP contribution >= 0.6 is 0 Å². The van der Waals surface area contributed by atoms with Gasteiger partial charge in [0.05, 0.1) is 12.4 Å². The van der Waals surface area contributed by atoms with Gasteiger partial charge < -0.3 is 0 Å². The summed E-state index contributed by atoms with van der Waals surface area (Å²) in [6.07, 6.45) is 12.1. The quantitative estimate of drug-likeness (QED) is 0.129. The Morgan fingerprint density at radius 1 is 0.781 bits per heavy atom. The van der Waals surface area contributed by atoms with Crippen LogP contribution in [0.2, 0.25) is 0 Å². The van der Waals surface area contributed by atoms with E-state index in [2.05, 4.69) is 41.0 Å². The highest BCUT2D eigenvalue weighted by molar-refractivity contribution is 5.83. The summed E-state index contributed by atoms with van der Waals surface area (Å²) in [5.41, 5.74) is 5.77. The van der Waals surface area contributed by atoms with Crippen molar-refractivity contribution >= 4 is 12.4 Å². The Kier molecular flexibility index (Phi) is 9.12. The summed E-state index contributed by atoms with van der Waals surface area (Å²) in [6, 6.07) is 21.5. The van der Waals surface area contributed by atoms with Gasteiger partial charge in [-0.05, 0) is 66.0 Å². The molecular weight excluding hydrogens is 395 g/mol. The lowest BCUT2D eigenvalue weighted by Gasteiger charge is -2.05. The lowest BCUT2D eigenvalue weighted by molar-refractivity contribution is 0.629. The molecule has 0 N–H and O–H groups in total. The van der Waals surface area contributed by atoms with Gasteiger partial charge in [0, 0.05) is 5.56 Å². The highest BCUT2D eigenvalue weighted by Gasteiger charge is 2.05. The van der Waals surface area contributed by atoms with Crippen LogP contribution < -0.4 is 0 Å². The molecule has 3 heteroatoms. The summed E-state index contributed by atoms with van der Waals surface area (Å²) in [4.78, 5) is 0. The molecule has 0 aliphatic heterocycles. The van der Waals surface area contributed by atoms with E-state index in [0.29, 0.717) is 5.56 Å². The minimum atomic E-state index is -0.186. The molecule has 2 nitrogen and oxygen atoms in total. The molecule has 0 radical (unpaired) electrons. The molecule has 0 saturated heterocycles. The zero-order valence-electron chi connectivity index (χ0n) is 18.8. The number of nitrogens with zero attached hydrogens (tertiary/aromatic N) is 2. The zero-order chi connectivity index (χ0) is 22.6. The van der Waals surface area contributed by atoms with Crippen molar-refractivity contribution in [2.45, 2.75) is 45.4 Å². The van der Waals surface area contributed by atoms with Crippen molar-refractivity contribution in [2.24, 2.45) is 10.2 Å². The summed E-state index contributed by atoms with van der Waals surface area (Å²) < 4.78 is 14.3. The van der Waals surface area contributed by atoms with Crippen molar-refractivity contribution in [3.05, 3.63) is 107 Å². The van der Waals surface area contributed by atoms with Crippen LogP contribution in [0.5, 0.6) is 0 Å². The molecule has 0 bridgehead atoms. The van der Waals surface area contributed by atoms with Gasteiger partial charge in [0.1, 0.15) is 5.82 Å². The van der Waals surface area contributed by atoms with E-state index in [1.807, 2.05) is 49.4 Å². The molecule has 0 saturated carbocycles. The topological polar surface area (TPSA) is 24.7 Å². The van der Waals surface area contributed by atoms with Crippen LogP contribution in [0.4, 0.5) is 4.39 Å². The molecule has 32 heavy (non-hydrogen) atoms. The first-order valence-electron chi connectivity index (χ1n) is 11.3. The number of rotatable bonds is 11. The van der Waals surface area contributed by atoms with Crippen molar-refractivity contribution in [3.8, 4) is 11.1 Å². The smallest absolute Gasteiger partial charge is 0.131 e. The van der Waals surface area contributed by atoms with E-state index in [1.165, 1.54) is 24.8 Å². The molecule has 0 unspecified atom stereocenters. The maximum absolute atomic E-state index is 14.3. The lowest BCUT2D eigenvalue weighted by Crippen LogP contribution is -1.89. The Labute approximate surface area is 191 Å². The Bertz CT molecular complexity index is 1050. The zero-order valence-corrected chi connectivity index (χ0v) is 18.8. The number of halogens is 1. The van der Waals surface area contributed by atoms with Crippen molar-refractivity contribution in [1.82, 2.24) is 0 Å². The fraction of sp³-hybridized carbons (Fsp3) is 0.241. The van der Waals surface area contributed by atoms with Gasteiger partial charge in [-0.1, -0.05) is 80.1 Å². The van der Waals surface area contributed by atoms with Crippen LogP contribution in [0.1, 0.15) is 54.9 Å². The summed E-state index contributed by atoms with van der Waals surface area (Å²) in [5, 5.41) is 8.29. The molecule has 164 valence electrons. The number of aryl methyl sites for hydroxylation is 2. The van der Waals surface area contributed by atoms with Gasteiger partial charge >= 0.3 is 0 Å². The monoisotopic (exact) mass is 426 g/mol. The van der Waals surface area contributed by atoms with Crippen LogP contribution in [0.3, 0.4) is 0 Å². The van der Waals surface area contributed by atoms with Crippen LogP contribution in [-0.4, -0.2) is 12.4 Å². The van der Waals surface area contributed by atoms with E-state index in [9.17, 15) is 4.39 Å². The number of benzene rings is 3. The van der Waals surface area contributed by atoms with E-state index >= 15 is 0 Å². The Morgan fingerprint density at radius 2 is 1.41 bits per heavy atom. The van der Waals surface area contributed by atoms with Crippen LogP contribution in [0.25, 0.3) is 11.1 Å². The van der Waals surface area contributed by atoms with E-state index in [0.717, 1.165) is 41.5 Å². The minimum absolute atomic E-state index is 0.186. The van der Waals surface area contributed by atoms with Gasteiger partial charge in [-0.25, -0.2) is 4.39 Å². The fourth-order valence-corrected chi connectivity index (χ4v) is 3.53. The minimum Gasteiger partial charge on any atom is -0.206 e. The molecule has 3 aromatic rings. The van der Waals surface area contributed by atoms with Crippen molar-refractivity contribution in [2.75, 3.05) is 0 Å². The van der Waals surface area contributed by atoms with Gasteiger partial charge in [0.15, 0.2) is 0 Å². The van der Waals surface area contributed by atoms with E-state index < -0.39 is 0 Å². The summed E-state index contributed by atoms with van der Waals surface area (Å²) >= 11 is 0. The maximum Gasteiger partial charge on any atom is 0.131 e. The molecule has 3 rings (SSSR count). The first-order chi connectivity index (χ1) is 15.7. The average Bonchev–Trinajstić information content (AvgIpc) is 2.83. The SMILES string of the molecule is C=CCCCCCc1ccc(C=NN=Cc2ccc(-c3ccc(CC)cc3F)cc2)cc1. The molecule has 3 aromatic carbocycles. The van der Waals surface area contributed by atoms with Crippen molar-refractivity contribution < 1.29 is 4.39 Å². The molecule has 0 atom stereocenters. The largest absolute Gasteiger partial charge is 0.206 e. The second-order valence-electron chi connectivity index (χ2n) is 7.91. The van der Waals surface area contributed by atoms with Crippen molar-refractivity contribution in [1.29, 1.82) is 0 Å². The molecule has 0 fully saturated rings. The third-order valence-electron chi connectivity index (χ3n) is 5.50. The number of unbranched alkanes of at least 4 members (excludes halogenated alkanes) is 3. The Hall–Kier alpha value is -3.33. The highest BCUT2D eigenvalue weighted by Crippen LogP contribution is 2.24. The van der Waals surface area contributed by atoms with Gasteiger partial charge in [0.25, 0.3) is 0 Å². The summed E-state index contributed by atoms with van der Waals surface area (Å²) in [6.45, 7) is 5.78. The van der Waals surface area contributed by atoms with Gasteiger partial charge in [-0.15, -0.1) is 6.58 Å². The molecule has 0 aliphatic carbocycles. The van der Waals surface area contributed by atoms with E-state index in [1.54, 1.807) is 18.5 Å². The number of hydrogen-bond acceptors (Lipinski definition) is 2. The second-order valence-corrected chi connectivity index (χ2v) is 7.91. The standard InChI is InChI=1S/C29H31FN2/c1-3-5-6-7-8-9-24-10-12-25(13-11-24)21-31-32-22-26-14-17-27(18-15-26)28-19-16-23(4-2)20-29(28)30/h3,10-22H,1,4-9H2,2H3. The number of allylic oxidation sites excluding steroid dienone is 1. The van der Waals surface area contributed by atoms with E-state index in [-0.39, 0.29) is 5.82 Å². The summed E-state index contributed by atoms with van der Waals surface area (Å²) in [7, 11) is 0. The Morgan fingerprint density at radius 3 is 2.00 bits per heavy atom. The van der Waals surface area contributed by atoms with Gasteiger partial charge in [-0.2, -0.15) is 10.2 Å². The molecule has 0 amide bonds. The third kappa shape index (κ3) is 7.12. The highest BCUT2D eigenvalue weighted by atomic mass is 19.1.